The molecule has 1 fully saturated rings. The van der Waals surface area contributed by atoms with Crippen LogP contribution < -0.4 is 15.0 Å². The summed E-state index contributed by atoms with van der Waals surface area (Å²) in [5, 5.41) is 2.88. The van der Waals surface area contributed by atoms with E-state index in [1.807, 2.05) is 24.3 Å². The second-order valence-corrected chi connectivity index (χ2v) is 7.33. The smallest absolute Gasteiger partial charge is 0.227 e. The lowest BCUT2D eigenvalue weighted by molar-refractivity contribution is -0.126. The third-order valence-corrected chi connectivity index (χ3v) is 5.16. The van der Waals surface area contributed by atoms with Crippen LogP contribution in [0.15, 0.2) is 36.4 Å². The number of benzene rings is 1. The maximum Gasteiger partial charge on any atom is 0.227 e. The first-order chi connectivity index (χ1) is 11.6. The summed E-state index contributed by atoms with van der Waals surface area (Å²) in [6, 6.07) is 11.0. The molecule has 0 radical (unpaired) electrons. The minimum Gasteiger partial charge on any atom is -0.497 e. The maximum absolute atomic E-state index is 12.3. The Hall–Kier alpha value is -2.05. The van der Waals surface area contributed by atoms with Gasteiger partial charge in [-0.25, -0.2) is 0 Å². The van der Waals surface area contributed by atoms with Crippen LogP contribution in [0.1, 0.15) is 11.3 Å². The van der Waals surface area contributed by atoms with Crippen molar-refractivity contribution < 1.29 is 14.3 Å². The zero-order valence-corrected chi connectivity index (χ0v) is 14.7. The van der Waals surface area contributed by atoms with E-state index in [2.05, 4.69) is 5.32 Å². The molecule has 1 N–H and O–H groups in total. The molecule has 1 aliphatic heterocycles. The fourth-order valence-corrected chi connectivity index (χ4v) is 3.70. The zero-order valence-electron chi connectivity index (χ0n) is 13.1. The minimum atomic E-state index is -0.348. The molecular weight excluding hydrogens is 348 g/mol. The van der Waals surface area contributed by atoms with Gasteiger partial charge in [-0.1, -0.05) is 17.7 Å². The Balaban J connectivity index is 1.62. The van der Waals surface area contributed by atoms with E-state index < -0.39 is 0 Å². The van der Waals surface area contributed by atoms with Gasteiger partial charge in [-0.3, -0.25) is 9.59 Å². The highest BCUT2D eigenvalue weighted by Gasteiger charge is 2.35. The van der Waals surface area contributed by atoms with Gasteiger partial charge in [0.15, 0.2) is 0 Å². The van der Waals surface area contributed by atoms with E-state index in [1.54, 1.807) is 24.1 Å². The number of methoxy groups -OCH3 is 1. The lowest BCUT2D eigenvalue weighted by Gasteiger charge is -2.17. The van der Waals surface area contributed by atoms with Crippen molar-refractivity contribution in [2.75, 3.05) is 18.6 Å². The van der Waals surface area contributed by atoms with E-state index in [0.29, 0.717) is 23.2 Å². The first-order valence-corrected chi connectivity index (χ1v) is 8.72. The van der Waals surface area contributed by atoms with E-state index in [0.717, 1.165) is 10.6 Å². The van der Waals surface area contributed by atoms with Gasteiger partial charge in [0.2, 0.25) is 11.8 Å². The van der Waals surface area contributed by atoms with Crippen molar-refractivity contribution >= 4 is 40.4 Å². The molecule has 1 saturated heterocycles. The van der Waals surface area contributed by atoms with Gasteiger partial charge in [0.1, 0.15) is 5.75 Å². The molecule has 1 atom stereocenters. The monoisotopic (exact) mass is 364 g/mol. The molecule has 1 aromatic heterocycles. The number of hydrogen-bond acceptors (Lipinski definition) is 4. The van der Waals surface area contributed by atoms with Crippen LogP contribution in [0.3, 0.4) is 0 Å². The van der Waals surface area contributed by atoms with Crippen LogP contribution in [0.4, 0.5) is 5.69 Å². The van der Waals surface area contributed by atoms with Gasteiger partial charge >= 0.3 is 0 Å². The summed E-state index contributed by atoms with van der Waals surface area (Å²) in [4.78, 5) is 27.2. The molecule has 0 spiro atoms. The molecule has 0 saturated carbocycles. The standard InChI is InChI=1S/C17H17ClN2O3S/c1-23-13-4-2-3-12(8-13)20-10-11(7-16(20)21)17(22)19-9-14-5-6-15(18)24-14/h2-6,8,11H,7,9-10H2,1H3,(H,19,22). The molecule has 126 valence electrons. The molecule has 1 aromatic carbocycles. The Labute approximate surface area is 149 Å². The van der Waals surface area contributed by atoms with Crippen LogP contribution in [0.25, 0.3) is 0 Å². The third-order valence-electron chi connectivity index (χ3n) is 3.93. The second kappa shape index (κ2) is 7.23. The van der Waals surface area contributed by atoms with Gasteiger partial charge in [-0.2, -0.15) is 0 Å². The van der Waals surface area contributed by atoms with Crippen molar-refractivity contribution in [2.45, 2.75) is 13.0 Å². The Morgan fingerprint density at radius 3 is 2.96 bits per heavy atom. The van der Waals surface area contributed by atoms with Gasteiger partial charge < -0.3 is 15.0 Å². The normalized spacial score (nSPS) is 17.2. The fourth-order valence-electron chi connectivity index (χ4n) is 2.68. The number of anilines is 1. The molecular formula is C17H17ClN2O3S. The van der Waals surface area contributed by atoms with Gasteiger partial charge in [-0.05, 0) is 24.3 Å². The summed E-state index contributed by atoms with van der Waals surface area (Å²) in [7, 11) is 1.58. The minimum absolute atomic E-state index is 0.0532. The van der Waals surface area contributed by atoms with Crippen molar-refractivity contribution in [3.8, 4) is 5.75 Å². The Morgan fingerprint density at radius 2 is 2.25 bits per heavy atom. The lowest BCUT2D eigenvalue weighted by Crippen LogP contribution is -2.32. The van der Waals surface area contributed by atoms with E-state index in [9.17, 15) is 9.59 Å². The van der Waals surface area contributed by atoms with Crippen molar-refractivity contribution in [3.63, 3.8) is 0 Å². The molecule has 1 aliphatic rings. The number of hydrogen-bond donors (Lipinski definition) is 1. The highest BCUT2D eigenvalue weighted by molar-refractivity contribution is 7.16. The van der Waals surface area contributed by atoms with Gasteiger partial charge in [0, 0.05) is 29.6 Å². The summed E-state index contributed by atoms with van der Waals surface area (Å²) in [5.74, 6) is 0.169. The number of ether oxygens (including phenoxy) is 1. The fraction of sp³-hybridized carbons (Fsp3) is 0.294. The molecule has 3 rings (SSSR count). The van der Waals surface area contributed by atoms with Gasteiger partial charge in [0.25, 0.3) is 0 Å². The van der Waals surface area contributed by atoms with Crippen LogP contribution in [0.5, 0.6) is 5.75 Å². The topological polar surface area (TPSA) is 58.6 Å². The number of nitrogens with zero attached hydrogens (tertiary/aromatic N) is 1. The number of nitrogens with one attached hydrogen (secondary N) is 1. The number of carbonyl (C=O) groups is 2. The van der Waals surface area contributed by atoms with Crippen LogP contribution in [-0.4, -0.2) is 25.5 Å². The van der Waals surface area contributed by atoms with E-state index in [4.69, 9.17) is 16.3 Å². The van der Waals surface area contributed by atoms with Crippen LogP contribution >= 0.6 is 22.9 Å². The summed E-state index contributed by atoms with van der Waals surface area (Å²) in [6.07, 6.45) is 0.217. The predicted octanol–water partition coefficient (Wildman–Crippen LogP) is 3.08. The summed E-state index contributed by atoms with van der Waals surface area (Å²) < 4.78 is 5.88. The van der Waals surface area contributed by atoms with Crippen LogP contribution in [-0.2, 0) is 16.1 Å². The Kier molecular flexibility index (Phi) is 5.06. The van der Waals surface area contributed by atoms with Gasteiger partial charge in [-0.15, -0.1) is 11.3 Å². The van der Waals surface area contributed by atoms with Gasteiger partial charge in [0.05, 0.1) is 23.9 Å². The van der Waals surface area contributed by atoms with E-state index in [1.165, 1.54) is 11.3 Å². The van der Waals surface area contributed by atoms with E-state index in [-0.39, 0.29) is 24.2 Å². The average Bonchev–Trinajstić information content (AvgIpc) is 3.18. The number of halogens is 1. The number of rotatable bonds is 5. The van der Waals surface area contributed by atoms with E-state index >= 15 is 0 Å². The molecule has 1 unspecified atom stereocenters. The summed E-state index contributed by atoms with van der Waals surface area (Å²) in [6.45, 7) is 0.809. The molecule has 5 nitrogen and oxygen atoms in total. The number of amides is 2. The van der Waals surface area contributed by atoms with Crippen molar-refractivity contribution in [2.24, 2.45) is 5.92 Å². The quantitative estimate of drug-likeness (QED) is 0.887. The lowest BCUT2D eigenvalue weighted by atomic mass is 10.1. The molecule has 2 heterocycles. The van der Waals surface area contributed by atoms with Crippen molar-refractivity contribution in [1.29, 1.82) is 0 Å². The molecule has 2 aromatic rings. The molecule has 0 aliphatic carbocycles. The first kappa shape index (κ1) is 16.8. The summed E-state index contributed by atoms with van der Waals surface area (Å²) >= 11 is 7.31. The predicted molar refractivity (Wildman–Crippen MR) is 94.6 cm³/mol. The molecule has 0 bridgehead atoms. The zero-order chi connectivity index (χ0) is 17.1. The maximum atomic E-state index is 12.3. The largest absolute Gasteiger partial charge is 0.497 e. The highest BCUT2D eigenvalue weighted by atomic mass is 35.5. The SMILES string of the molecule is COc1cccc(N2CC(C(=O)NCc3ccc(Cl)s3)CC2=O)c1. The van der Waals surface area contributed by atoms with Crippen molar-refractivity contribution in [3.05, 3.63) is 45.6 Å². The molecule has 2 amide bonds. The second-order valence-electron chi connectivity index (χ2n) is 5.53. The summed E-state index contributed by atoms with van der Waals surface area (Å²) in [5.41, 5.74) is 0.750. The number of carbonyl (C=O) groups excluding carboxylic acids is 2. The van der Waals surface area contributed by atoms with Crippen LogP contribution in [0.2, 0.25) is 4.34 Å². The first-order valence-electron chi connectivity index (χ1n) is 7.53. The van der Waals surface area contributed by atoms with Crippen LogP contribution in [0, 0.1) is 5.92 Å². The van der Waals surface area contributed by atoms with Crippen molar-refractivity contribution in [1.82, 2.24) is 5.32 Å². The molecule has 24 heavy (non-hydrogen) atoms. The highest BCUT2D eigenvalue weighted by Crippen LogP contribution is 2.28. The molecule has 7 heteroatoms. The third kappa shape index (κ3) is 3.71. The average molecular weight is 365 g/mol. The number of thiophene rings is 1. The Bertz CT molecular complexity index is 762. The Morgan fingerprint density at radius 1 is 1.42 bits per heavy atom.